The number of hydrogen-bond acceptors (Lipinski definition) is 6. The first-order valence-electron chi connectivity index (χ1n) is 16.8. The smallest absolute Gasteiger partial charge is 0.266 e. The second kappa shape index (κ2) is 16.7. The number of nitrogens with one attached hydrogen (secondary N) is 2. The monoisotopic (exact) mass is 669 g/mol. The van der Waals surface area contributed by atoms with Crippen LogP contribution in [0.4, 0.5) is 4.39 Å². The highest BCUT2D eigenvalue weighted by atomic mass is 19.1. The normalized spacial score (nSPS) is 16.9. The van der Waals surface area contributed by atoms with Gasteiger partial charge in [0.05, 0.1) is 6.61 Å². The van der Waals surface area contributed by atoms with Gasteiger partial charge in [0, 0.05) is 31.6 Å². The molecular formula is C42H40FN3O4. The number of aliphatic imine (C=N–C) groups is 1. The van der Waals surface area contributed by atoms with Crippen LogP contribution in [0.1, 0.15) is 41.2 Å². The van der Waals surface area contributed by atoms with Crippen LogP contribution in [0.5, 0.6) is 5.75 Å². The quantitative estimate of drug-likeness (QED) is 0.0795. The van der Waals surface area contributed by atoms with Gasteiger partial charge in [0.2, 0.25) is 5.90 Å². The van der Waals surface area contributed by atoms with Crippen molar-refractivity contribution in [1.29, 1.82) is 0 Å². The van der Waals surface area contributed by atoms with Crippen molar-refractivity contribution in [1.82, 2.24) is 10.9 Å². The Bertz CT molecular complexity index is 1900. The predicted octanol–water partition coefficient (Wildman–Crippen LogP) is 7.48. The van der Waals surface area contributed by atoms with Crippen LogP contribution in [0.2, 0.25) is 0 Å². The summed E-state index contributed by atoms with van der Waals surface area (Å²) in [5.74, 6) is 0.343. The highest BCUT2D eigenvalue weighted by Gasteiger charge is 2.52. The Balaban J connectivity index is 1.33. The zero-order valence-electron chi connectivity index (χ0n) is 27.7. The molecule has 1 aliphatic rings. The summed E-state index contributed by atoms with van der Waals surface area (Å²) in [5, 5.41) is 9.11. The lowest BCUT2D eigenvalue weighted by Crippen LogP contribution is -2.52. The van der Waals surface area contributed by atoms with Crippen LogP contribution in [-0.4, -0.2) is 42.2 Å². The lowest BCUT2D eigenvalue weighted by atomic mass is 9.84. The Morgan fingerprint density at radius 2 is 1.56 bits per heavy atom. The van der Waals surface area contributed by atoms with E-state index in [1.165, 1.54) is 12.1 Å². The predicted molar refractivity (Wildman–Crippen MR) is 195 cm³/mol. The fraction of sp³-hybridized carbons (Fsp3) is 0.190. The number of halogens is 1. The van der Waals surface area contributed by atoms with Gasteiger partial charge >= 0.3 is 0 Å². The van der Waals surface area contributed by atoms with E-state index < -0.39 is 11.6 Å². The van der Waals surface area contributed by atoms with Gasteiger partial charge in [0.15, 0.2) is 11.6 Å². The lowest BCUT2D eigenvalue weighted by Gasteiger charge is -2.30. The Morgan fingerprint density at radius 3 is 2.28 bits per heavy atom. The van der Waals surface area contributed by atoms with Crippen molar-refractivity contribution in [3.05, 3.63) is 168 Å². The van der Waals surface area contributed by atoms with Crippen molar-refractivity contribution in [2.45, 2.75) is 30.9 Å². The van der Waals surface area contributed by atoms with Crippen molar-refractivity contribution in [3.63, 3.8) is 0 Å². The van der Waals surface area contributed by atoms with E-state index in [1.54, 1.807) is 6.07 Å². The molecule has 0 aromatic heterocycles. The van der Waals surface area contributed by atoms with Crippen molar-refractivity contribution >= 4 is 17.9 Å². The van der Waals surface area contributed by atoms with Gasteiger partial charge < -0.3 is 14.6 Å². The van der Waals surface area contributed by atoms with Crippen LogP contribution in [0.3, 0.4) is 0 Å². The van der Waals surface area contributed by atoms with Crippen LogP contribution in [0.15, 0.2) is 145 Å². The summed E-state index contributed by atoms with van der Waals surface area (Å²) in [6, 6.07) is 41.8. The first-order valence-corrected chi connectivity index (χ1v) is 16.8. The minimum absolute atomic E-state index is 0.0545. The average Bonchev–Trinajstić information content (AvgIpc) is 3.55. The summed E-state index contributed by atoms with van der Waals surface area (Å²) >= 11 is 0. The number of hydrazine groups is 1. The van der Waals surface area contributed by atoms with Crippen molar-refractivity contribution in [2.24, 2.45) is 4.99 Å². The summed E-state index contributed by atoms with van der Waals surface area (Å²) in [6.45, 7) is 0.841. The summed E-state index contributed by atoms with van der Waals surface area (Å²) in [5.41, 5.74) is 10.0. The van der Waals surface area contributed by atoms with Gasteiger partial charge in [-0.1, -0.05) is 109 Å². The minimum Gasteiger partial charge on any atom is -0.494 e. The molecule has 8 heteroatoms. The van der Waals surface area contributed by atoms with E-state index in [2.05, 4.69) is 23.0 Å². The summed E-state index contributed by atoms with van der Waals surface area (Å²) in [7, 11) is 0. The van der Waals surface area contributed by atoms with Crippen LogP contribution in [0, 0.1) is 5.82 Å². The summed E-state index contributed by atoms with van der Waals surface area (Å²) in [6.07, 6.45) is 4.48. The van der Waals surface area contributed by atoms with Crippen LogP contribution in [0.25, 0.3) is 17.2 Å². The first-order chi connectivity index (χ1) is 24.5. The van der Waals surface area contributed by atoms with E-state index in [-0.39, 0.29) is 24.8 Å². The SMILES string of the molecule is O=C(NNCCc1cccc(F)c1)[C@@]1(C/C=C/c2ccccc2)N=C(c2ccc(OCCCO)cc2)O[C@H]1c1ccc(-c2ccccc2)cc1. The molecule has 7 nitrogen and oxygen atoms in total. The third-order valence-electron chi connectivity index (χ3n) is 8.52. The van der Waals surface area contributed by atoms with Gasteiger partial charge in [0.25, 0.3) is 5.91 Å². The molecular weight excluding hydrogens is 629 g/mol. The fourth-order valence-corrected chi connectivity index (χ4v) is 5.89. The highest BCUT2D eigenvalue weighted by Crippen LogP contribution is 2.43. The number of carbonyl (C=O) groups is 1. The average molecular weight is 670 g/mol. The van der Waals surface area contributed by atoms with Gasteiger partial charge in [-0.25, -0.2) is 14.8 Å². The van der Waals surface area contributed by atoms with E-state index in [0.717, 1.165) is 27.8 Å². The number of nitrogens with zero attached hydrogens (tertiary/aromatic N) is 1. The van der Waals surface area contributed by atoms with Crippen LogP contribution < -0.4 is 15.6 Å². The third kappa shape index (κ3) is 8.52. The molecule has 6 rings (SSSR count). The van der Waals surface area contributed by atoms with E-state index in [1.807, 2.05) is 115 Å². The van der Waals surface area contributed by atoms with Gasteiger partial charge in [-0.3, -0.25) is 10.2 Å². The van der Waals surface area contributed by atoms with E-state index in [0.29, 0.717) is 43.2 Å². The minimum atomic E-state index is -1.38. The highest BCUT2D eigenvalue weighted by molar-refractivity contribution is 6.01. The molecule has 0 fully saturated rings. The maximum atomic E-state index is 14.4. The molecule has 0 unspecified atom stereocenters. The molecule has 1 heterocycles. The molecule has 3 N–H and O–H groups in total. The molecule has 0 bridgehead atoms. The lowest BCUT2D eigenvalue weighted by molar-refractivity contribution is -0.129. The van der Waals surface area contributed by atoms with Gasteiger partial charge in [-0.2, -0.15) is 0 Å². The fourth-order valence-electron chi connectivity index (χ4n) is 5.89. The van der Waals surface area contributed by atoms with Crippen LogP contribution >= 0.6 is 0 Å². The number of amides is 1. The molecule has 0 saturated heterocycles. The number of carbonyl (C=O) groups excluding carboxylic acids is 1. The van der Waals surface area contributed by atoms with Crippen molar-refractivity contribution in [2.75, 3.05) is 19.8 Å². The topological polar surface area (TPSA) is 92.2 Å². The summed E-state index contributed by atoms with van der Waals surface area (Å²) < 4.78 is 26.1. The number of aliphatic hydroxyl groups excluding tert-OH is 1. The van der Waals surface area contributed by atoms with E-state index in [4.69, 9.17) is 19.6 Å². The first kappa shape index (κ1) is 34.3. The van der Waals surface area contributed by atoms with E-state index in [9.17, 15) is 9.18 Å². The number of benzene rings is 5. The molecule has 0 saturated carbocycles. The molecule has 0 radical (unpaired) electrons. The van der Waals surface area contributed by atoms with E-state index >= 15 is 0 Å². The maximum absolute atomic E-state index is 14.4. The van der Waals surface area contributed by atoms with Crippen LogP contribution in [-0.2, 0) is 16.0 Å². The molecule has 0 spiro atoms. The molecule has 2 atom stereocenters. The maximum Gasteiger partial charge on any atom is 0.266 e. The molecule has 254 valence electrons. The number of aliphatic hydroxyl groups is 1. The standard InChI is InChI=1S/C42H40FN3O4/c43-37-16-7-12-32(30-37)25-27-44-46-41(48)42(26-8-13-31-10-3-1-4-11-31)39(35-19-17-34(18-20-35)33-14-5-2-6-15-33)50-40(45-42)36-21-23-38(24-22-36)49-29-9-28-47/h1-8,10-24,30,39,44,47H,9,25-29H2,(H,46,48)/b13-8+/t39-,42-/m0/s1. The van der Waals surface area contributed by atoms with Crippen molar-refractivity contribution < 1.29 is 23.8 Å². The second-order valence-corrected chi connectivity index (χ2v) is 12.1. The molecule has 50 heavy (non-hydrogen) atoms. The van der Waals surface area contributed by atoms with Gasteiger partial charge in [-0.15, -0.1) is 0 Å². The Kier molecular flexibility index (Phi) is 11.5. The molecule has 1 amide bonds. The Morgan fingerprint density at radius 1 is 0.860 bits per heavy atom. The van der Waals surface area contributed by atoms with Gasteiger partial charge in [0.1, 0.15) is 11.6 Å². The molecule has 5 aromatic rings. The molecule has 5 aromatic carbocycles. The zero-order valence-corrected chi connectivity index (χ0v) is 27.7. The summed E-state index contributed by atoms with van der Waals surface area (Å²) in [4.78, 5) is 19.5. The molecule has 1 aliphatic heterocycles. The largest absolute Gasteiger partial charge is 0.494 e. The Labute approximate surface area is 292 Å². The number of hydrogen-bond donors (Lipinski definition) is 3. The second-order valence-electron chi connectivity index (χ2n) is 12.1. The Hall–Kier alpha value is -5.57. The van der Waals surface area contributed by atoms with Crippen molar-refractivity contribution in [3.8, 4) is 16.9 Å². The third-order valence-corrected chi connectivity index (χ3v) is 8.52. The zero-order chi connectivity index (χ0) is 34.6. The number of rotatable bonds is 15. The number of ether oxygens (including phenoxy) is 2. The molecule has 0 aliphatic carbocycles. The van der Waals surface area contributed by atoms with Gasteiger partial charge in [-0.05, 0) is 70.6 Å².